The van der Waals surface area contributed by atoms with Crippen molar-refractivity contribution in [2.75, 3.05) is 0 Å². The summed E-state index contributed by atoms with van der Waals surface area (Å²) in [6, 6.07) is 0. The predicted octanol–water partition coefficient (Wildman–Crippen LogP) is 1.36. The summed E-state index contributed by atoms with van der Waals surface area (Å²) in [5, 5.41) is 0. The first-order valence-electron chi connectivity index (χ1n) is 4.57. The minimum absolute atomic E-state index is 2.40. The molecular weight excluding hydrogens is 489 g/mol. The van der Waals surface area contributed by atoms with E-state index in [-0.39, 0.29) is 0 Å². The summed E-state index contributed by atoms with van der Waals surface area (Å²) in [6.45, 7) is 0. The summed E-state index contributed by atoms with van der Waals surface area (Å²) in [5.41, 5.74) is 0. The molecule has 24 heteroatoms. The minimum atomic E-state index is -6.05. The van der Waals surface area contributed by atoms with Crippen LogP contribution in [-0.4, -0.2) is 29.4 Å². The molecule has 1 rings (SSSR count). The highest BCUT2D eigenvalue weighted by Gasteiger charge is 2.52. The first kappa shape index (κ1) is 23.4. The third kappa shape index (κ3) is 8.37. The molecule has 0 aliphatic carbocycles. The van der Waals surface area contributed by atoms with Crippen LogP contribution in [0.25, 0.3) is 0 Å². The molecule has 0 saturated carbocycles. The van der Waals surface area contributed by atoms with Gasteiger partial charge in [0.2, 0.25) is 0 Å². The average molecular weight is 496 g/mol. The lowest BCUT2D eigenvalue weighted by molar-refractivity contribution is 0.195. The van der Waals surface area contributed by atoms with E-state index in [0.29, 0.717) is 0 Å². The van der Waals surface area contributed by atoms with Crippen LogP contribution in [0.5, 0.6) is 0 Å². The maximum atomic E-state index is 11.4. The fraction of sp³-hybridized carbons (Fsp3) is 0. The van der Waals surface area contributed by atoms with Crippen LogP contribution in [0.4, 0.5) is 0 Å². The second-order valence-electron chi connectivity index (χ2n) is 3.42. The van der Waals surface area contributed by atoms with Crippen molar-refractivity contribution in [2.45, 2.75) is 0 Å². The summed E-state index contributed by atoms with van der Waals surface area (Å²) in [5.74, 6) is 0. The van der Waals surface area contributed by atoms with Gasteiger partial charge in [0.15, 0.2) is 0 Å². The highest BCUT2D eigenvalue weighted by molar-refractivity contribution is 8.52. The molecule has 24 heavy (non-hydrogen) atoms. The molecule has 0 radical (unpaired) electrons. The molecule has 0 aromatic heterocycles. The van der Waals surface area contributed by atoms with Crippen molar-refractivity contribution < 1.29 is 78.3 Å². The fourth-order valence-corrected chi connectivity index (χ4v) is 16.8. The maximum absolute atomic E-state index is 11.4. The van der Waals surface area contributed by atoms with Gasteiger partial charge in [-0.15, -0.1) is 0 Å². The molecule has 0 amide bonds. The van der Waals surface area contributed by atoms with E-state index in [1.54, 1.807) is 0 Å². The van der Waals surface area contributed by atoms with Gasteiger partial charge < -0.3 is 29.4 Å². The summed E-state index contributed by atoms with van der Waals surface area (Å²) in [7, 11) is -37.6. The Labute approximate surface area is 133 Å². The zero-order chi connectivity index (χ0) is 19.2. The second kappa shape index (κ2) is 7.08. The van der Waals surface area contributed by atoms with Crippen LogP contribution >= 0.6 is 53.8 Å². The molecular formula is H7O17P7. The Morgan fingerprint density at radius 2 is 0.667 bits per heavy atom. The molecule has 6 unspecified atom stereocenters. The van der Waals surface area contributed by atoms with E-state index in [9.17, 15) is 27.4 Å². The standard InChI is InChI=1S/H7O17P7/c1-19(2)13-20(3,4)15-22(7,8)17-24(11,12)18-23(9,10)16-21(5,6)14-19/h18H,(H,1,2)(H,3,4)(H,5,6)(H,7,8)(H,9,10)(H,11,12). The Balaban J connectivity index is 3.40. The van der Waals surface area contributed by atoms with Crippen molar-refractivity contribution in [3.8, 4) is 0 Å². The van der Waals surface area contributed by atoms with E-state index in [0.717, 1.165) is 0 Å². The smallest absolute Gasteiger partial charge is 0.321 e. The molecule has 1 saturated heterocycles. The number of phosphoric acid groups is 4. The molecule has 0 bridgehead atoms. The number of hydrogen-bond acceptors (Lipinski definition) is 11. The minimum Gasteiger partial charge on any atom is -0.321 e. The number of rotatable bonds is 0. The molecule has 1 aliphatic heterocycles. The van der Waals surface area contributed by atoms with Crippen LogP contribution in [0, 0.1) is 0 Å². The first-order valence-corrected chi connectivity index (χ1v) is 16.4. The van der Waals surface area contributed by atoms with Crippen LogP contribution in [0.1, 0.15) is 0 Å². The maximum Gasteiger partial charge on any atom is 0.490 e. The Bertz CT molecular complexity index is 576. The van der Waals surface area contributed by atoms with Crippen molar-refractivity contribution in [3.63, 3.8) is 0 Å². The SMILES string of the molecule is O=P1(O)OP(=O)(O)OP(=O)(O)OP(=O)(O)PP(=O)(O)OP(=O)(O)O1. The monoisotopic (exact) mass is 496 g/mol. The van der Waals surface area contributed by atoms with Crippen molar-refractivity contribution in [1.82, 2.24) is 0 Å². The van der Waals surface area contributed by atoms with Gasteiger partial charge in [0, 0.05) is 0 Å². The molecule has 0 aromatic rings. The van der Waals surface area contributed by atoms with Gasteiger partial charge in [-0.2, -0.15) is 12.9 Å². The van der Waals surface area contributed by atoms with Crippen LogP contribution in [0.15, 0.2) is 0 Å². The largest absolute Gasteiger partial charge is 0.490 e. The van der Waals surface area contributed by atoms with E-state index in [2.05, 4.69) is 21.6 Å². The molecule has 1 fully saturated rings. The average Bonchev–Trinajstić information content (AvgIpc) is 1.98. The molecule has 17 nitrogen and oxygen atoms in total. The highest BCUT2D eigenvalue weighted by Crippen LogP contribution is 2.88. The van der Waals surface area contributed by atoms with Gasteiger partial charge in [0.1, 0.15) is 7.96 Å². The third-order valence-corrected chi connectivity index (χ3v) is 17.7. The lowest BCUT2D eigenvalue weighted by atomic mass is 15.7. The van der Waals surface area contributed by atoms with Crippen LogP contribution in [0.3, 0.4) is 0 Å². The van der Waals surface area contributed by atoms with Gasteiger partial charge in [-0.05, 0) is 0 Å². The summed E-state index contributed by atoms with van der Waals surface area (Å²) < 4.78 is 85.0. The third-order valence-electron chi connectivity index (χ3n) is 1.30. The van der Waals surface area contributed by atoms with Crippen molar-refractivity contribution in [2.24, 2.45) is 0 Å². The summed E-state index contributed by atoms with van der Waals surface area (Å²) >= 11 is 0. The topological polar surface area (TPSA) is 270 Å². The Morgan fingerprint density at radius 3 is 0.917 bits per heavy atom. The van der Waals surface area contributed by atoms with Gasteiger partial charge in [0.25, 0.3) is 0 Å². The quantitative estimate of drug-likeness (QED) is 0.258. The van der Waals surface area contributed by atoms with E-state index >= 15 is 0 Å². The summed E-state index contributed by atoms with van der Waals surface area (Å²) in [6.07, 6.45) is 0. The van der Waals surface area contributed by atoms with Gasteiger partial charge >= 0.3 is 45.9 Å². The number of hydrogen-bond donors (Lipinski definition) is 6. The van der Waals surface area contributed by atoms with Gasteiger partial charge in [-0.25, -0.2) is 26.9 Å². The lowest BCUT2D eigenvalue weighted by Gasteiger charge is -2.23. The van der Waals surface area contributed by atoms with Gasteiger partial charge in [-0.1, -0.05) is 0 Å². The van der Waals surface area contributed by atoms with Crippen LogP contribution in [-0.2, 0) is 48.9 Å². The van der Waals surface area contributed by atoms with Crippen LogP contribution in [0.2, 0.25) is 0 Å². The lowest BCUT2D eigenvalue weighted by Crippen LogP contribution is -1.99. The van der Waals surface area contributed by atoms with E-state index < -0.39 is 53.8 Å². The highest BCUT2D eigenvalue weighted by atomic mass is 32.5. The predicted molar refractivity (Wildman–Crippen MR) is 72.7 cm³/mol. The molecule has 6 atom stereocenters. The van der Waals surface area contributed by atoms with Gasteiger partial charge in [0.05, 0.1) is 0 Å². The molecule has 6 N–H and O–H groups in total. The van der Waals surface area contributed by atoms with Crippen LogP contribution < -0.4 is 0 Å². The molecule has 0 spiro atoms. The Hall–Kier alpha value is 1.37. The zero-order valence-corrected chi connectivity index (χ0v) is 16.7. The van der Waals surface area contributed by atoms with E-state index in [4.69, 9.17) is 29.4 Å². The van der Waals surface area contributed by atoms with Gasteiger partial charge in [-0.3, -0.25) is 9.13 Å². The van der Waals surface area contributed by atoms with Crippen molar-refractivity contribution >= 4 is 53.8 Å². The molecule has 1 aliphatic rings. The fourth-order valence-electron chi connectivity index (χ4n) is 0.927. The van der Waals surface area contributed by atoms with E-state index in [1.807, 2.05) is 0 Å². The molecule has 144 valence electrons. The summed E-state index contributed by atoms with van der Waals surface area (Å²) in [4.78, 5) is 54.3. The van der Waals surface area contributed by atoms with Crippen molar-refractivity contribution in [1.29, 1.82) is 0 Å². The first-order chi connectivity index (χ1) is 10.2. The zero-order valence-electron chi connectivity index (χ0n) is 10.4. The van der Waals surface area contributed by atoms with Crippen molar-refractivity contribution in [3.05, 3.63) is 0 Å². The molecule has 1 heterocycles. The Morgan fingerprint density at radius 1 is 0.458 bits per heavy atom. The second-order valence-corrected chi connectivity index (χ2v) is 18.5. The Kier molecular flexibility index (Phi) is 6.90. The normalized spacial score (nSPS) is 56.2. The molecule has 0 aromatic carbocycles. The van der Waals surface area contributed by atoms with E-state index in [1.165, 1.54) is 0 Å².